The number of rotatable bonds is 0. The molecule has 1 aliphatic heterocycles. The van der Waals surface area contributed by atoms with Gasteiger partial charge in [0.15, 0.2) is 5.78 Å². The fraction of sp³-hybridized carbons (Fsp3) is 0.812. The van der Waals surface area contributed by atoms with Crippen LogP contribution in [0.5, 0.6) is 0 Å². The van der Waals surface area contributed by atoms with Crippen LogP contribution in [0.25, 0.3) is 0 Å². The summed E-state index contributed by atoms with van der Waals surface area (Å²) >= 11 is 0. The van der Waals surface area contributed by atoms with Crippen molar-refractivity contribution in [2.24, 2.45) is 22.7 Å². The summed E-state index contributed by atoms with van der Waals surface area (Å²) in [5.74, 6) is 1.58. The Morgan fingerprint density at radius 2 is 2.06 bits per heavy atom. The summed E-state index contributed by atoms with van der Waals surface area (Å²) < 4.78 is 6.14. The number of hydrogen-bond acceptors (Lipinski definition) is 2. The van der Waals surface area contributed by atoms with Crippen molar-refractivity contribution in [2.75, 3.05) is 6.61 Å². The van der Waals surface area contributed by atoms with Crippen molar-refractivity contribution in [3.05, 3.63) is 11.1 Å². The van der Waals surface area contributed by atoms with Gasteiger partial charge in [0.1, 0.15) is 0 Å². The zero-order valence-corrected chi connectivity index (χ0v) is 11.6. The van der Waals surface area contributed by atoms with Gasteiger partial charge in [0.05, 0.1) is 12.7 Å². The normalized spacial score (nSPS) is 48.6. The van der Waals surface area contributed by atoms with Crippen LogP contribution in [-0.4, -0.2) is 18.5 Å². The van der Waals surface area contributed by atoms with Gasteiger partial charge in [0, 0.05) is 23.3 Å². The second-order valence-corrected chi connectivity index (χ2v) is 7.53. The van der Waals surface area contributed by atoms with Gasteiger partial charge >= 0.3 is 0 Å². The maximum absolute atomic E-state index is 12.4. The molecule has 0 aromatic rings. The second-order valence-electron chi connectivity index (χ2n) is 7.53. The van der Waals surface area contributed by atoms with Crippen molar-refractivity contribution in [3.63, 3.8) is 0 Å². The highest BCUT2D eigenvalue weighted by Gasteiger charge is 2.70. The lowest BCUT2D eigenvalue weighted by Gasteiger charge is -2.48. The first kappa shape index (κ1) is 11.2. The minimum atomic E-state index is 0.114. The molecule has 0 aromatic heterocycles. The lowest BCUT2D eigenvalue weighted by molar-refractivity contribution is -0.115. The second kappa shape index (κ2) is 3.09. The predicted octanol–water partition coefficient (Wildman–Crippen LogP) is 3.12. The van der Waals surface area contributed by atoms with E-state index in [0.29, 0.717) is 23.7 Å². The van der Waals surface area contributed by atoms with Crippen LogP contribution < -0.4 is 0 Å². The molecule has 18 heavy (non-hydrogen) atoms. The monoisotopic (exact) mass is 246 g/mol. The third-order valence-corrected chi connectivity index (χ3v) is 6.26. The Morgan fingerprint density at radius 3 is 2.83 bits per heavy atom. The van der Waals surface area contributed by atoms with E-state index in [1.54, 1.807) is 0 Å². The minimum absolute atomic E-state index is 0.114. The van der Waals surface area contributed by atoms with E-state index < -0.39 is 0 Å². The summed E-state index contributed by atoms with van der Waals surface area (Å²) in [5.41, 5.74) is 2.97. The van der Waals surface area contributed by atoms with Gasteiger partial charge in [-0.05, 0) is 37.5 Å². The summed E-state index contributed by atoms with van der Waals surface area (Å²) in [6.45, 7) is 7.81. The molecule has 0 bridgehead atoms. The van der Waals surface area contributed by atoms with Crippen molar-refractivity contribution in [1.82, 2.24) is 0 Å². The van der Waals surface area contributed by atoms with Crippen LogP contribution in [0.3, 0.4) is 0 Å². The van der Waals surface area contributed by atoms with Gasteiger partial charge in [-0.2, -0.15) is 0 Å². The van der Waals surface area contributed by atoms with E-state index >= 15 is 0 Å². The number of carbonyl (C=O) groups excluding carboxylic acids is 1. The number of carbonyl (C=O) groups is 1. The standard InChI is InChI=1S/C16H22O2/c1-9-7-15(2,3)12-8-18-13-5-4-10-6-11(17)14(9)16(10,12)13/h10,12-13H,4-8H2,1-3H3/t10-,12+,13+,16-/m0/s1. The van der Waals surface area contributed by atoms with E-state index in [1.165, 1.54) is 24.0 Å². The van der Waals surface area contributed by atoms with Crippen LogP contribution in [0.15, 0.2) is 11.1 Å². The third kappa shape index (κ3) is 0.999. The van der Waals surface area contributed by atoms with Gasteiger partial charge in [-0.3, -0.25) is 4.79 Å². The molecule has 3 fully saturated rings. The molecular weight excluding hydrogens is 224 g/mol. The molecule has 1 spiro atoms. The molecule has 1 heterocycles. The lowest BCUT2D eigenvalue weighted by Crippen LogP contribution is -2.47. The number of hydrogen-bond donors (Lipinski definition) is 0. The van der Waals surface area contributed by atoms with Crippen molar-refractivity contribution in [1.29, 1.82) is 0 Å². The van der Waals surface area contributed by atoms with Crippen LogP contribution >= 0.6 is 0 Å². The summed E-state index contributed by atoms with van der Waals surface area (Å²) in [5, 5.41) is 0. The largest absolute Gasteiger partial charge is 0.377 e. The summed E-state index contributed by atoms with van der Waals surface area (Å²) in [6, 6.07) is 0. The molecule has 4 rings (SSSR count). The Balaban J connectivity index is 2.00. The van der Waals surface area contributed by atoms with E-state index in [9.17, 15) is 4.79 Å². The molecule has 2 nitrogen and oxygen atoms in total. The predicted molar refractivity (Wildman–Crippen MR) is 69.1 cm³/mol. The van der Waals surface area contributed by atoms with Gasteiger partial charge in [0.2, 0.25) is 0 Å². The molecule has 0 radical (unpaired) electrons. The molecule has 4 aliphatic rings. The van der Waals surface area contributed by atoms with Crippen molar-refractivity contribution < 1.29 is 9.53 Å². The van der Waals surface area contributed by atoms with Crippen molar-refractivity contribution in [2.45, 2.75) is 52.6 Å². The Hall–Kier alpha value is -0.630. The van der Waals surface area contributed by atoms with Crippen molar-refractivity contribution >= 4 is 5.78 Å². The fourth-order valence-corrected chi connectivity index (χ4v) is 5.93. The van der Waals surface area contributed by atoms with E-state index in [0.717, 1.165) is 19.4 Å². The smallest absolute Gasteiger partial charge is 0.159 e. The molecule has 1 saturated heterocycles. The van der Waals surface area contributed by atoms with Gasteiger partial charge in [-0.15, -0.1) is 0 Å². The topological polar surface area (TPSA) is 26.3 Å². The highest BCUT2D eigenvalue weighted by Crippen LogP contribution is 2.70. The van der Waals surface area contributed by atoms with Crippen LogP contribution in [0.1, 0.15) is 46.5 Å². The van der Waals surface area contributed by atoms with E-state index in [2.05, 4.69) is 20.8 Å². The average Bonchev–Trinajstić information content (AvgIpc) is 2.82. The molecule has 0 N–H and O–H groups in total. The zero-order chi connectivity index (χ0) is 12.7. The van der Waals surface area contributed by atoms with Crippen LogP contribution in [0.2, 0.25) is 0 Å². The quantitative estimate of drug-likeness (QED) is 0.656. The first-order valence-corrected chi connectivity index (χ1v) is 7.33. The SMILES string of the molecule is CC1=C2C(=O)C[C@@H]3CC[C@H]4OC[C@H](C(C)(C)C1)[C@@]234. The molecule has 0 unspecified atom stereocenters. The molecular formula is C16H22O2. The van der Waals surface area contributed by atoms with E-state index in [-0.39, 0.29) is 10.8 Å². The maximum Gasteiger partial charge on any atom is 0.159 e. The first-order valence-electron chi connectivity index (χ1n) is 7.33. The molecule has 3 aliphatic carbocycles. The zero-order valence-electron chi connectivity index (χ0n) is 11.6. The Kier molecular flexibility index (Phi) is 1.93. The van der Waals surface area contributed by atoms with Gasteiger partial charge < -0.3 is 4.74 Å². The highest BCUT2D eigenvalue weighted by atomic mass is 16.5. The first-order chi connectivity index (χ1) is 8.48. The third-order valence-electron chi connectivity index (χ3n) is 6.26. The summed E-state index contributed by atoms with van der Waals surface area (Å²) in [6.07, 6.45) is 4.56. The van der Waals surface area contributed by atoms with Crippen LogP contribution in [-0.2, 0) is 9.53 Å². The summed E-state index contributed by atoms with van der Waals surface area (Å²) in [7, 11) is 0. The Labute approximate surface area is 109 Å². The molecule has 98 valence electrons. The molecule has 0 aromatic carbocycles. The fourth-order valence-electron chi connectivity index (χ4n) is 5.93. The lowest BCUT2D eigenvalue weighted by atomic mass is 9.53. The van der Waals surface area contributed by atoms with E-state index in [1.807, 2.05) is 0 Å². The number of ketones is 1. The van der Waals surface area contributed by atoms with Gasteiger partial charge in [-0.25, -0.2) is 0 Å². The highest BCUT2D eigenvalue weighted by molar-refractivity contribution is 6.01. The van der Waals surface area contributed by atoms with Crippen molar-refractivity contribution in [3.8, 4) is 0 Å². The minimum Gasteiger partial charge on any atom is -0.377 e. The maximum atomic E-state index is 12.4. The van der Waals surface area contributed by atoms with Crippen LogP contribution in [0.4, 0.5) is 0 Å². The number of ether oxygens (including phenoxy) is 1. The van der Waals surface area contributed by atoms with Gasteiger partial charge in [-0.1, -0.05) is 19.4 Å². The molecule has 2 heteroatoms. The number of allylic oxidation sites excluding steroid dienone is 1. The Bertz CT molecular complexity index is 473. The van der Waals surface area contributed by atoms with Crippen LogP contribution in [0, 0.1) is 22.7 Å². The molecule has 2 saturated carbocycles. The Morgan fingerprint density at radius 1 is 1.28 bits per heavy atom. The number of Topliss-reactive ketones (excluding diaryl/α,β-unsaturated/α-hetero) is 1. The summed E-state index contributed by atoms with van der Waals surface area (Å²) in [4.78, 5) is 12.4. The average molecular weight is 246 g/mol. The molecule has 4 atom stereocenters. The molecule has 0 amide bonds. The van der Waals surface area contributed by atoms with Gasteiger partial charge in [0.25, 0.3) is 0 Å². The van der Waals surface area contributed by atoms with E-state index in [4.69, 9.17) is 4.74 Å².